The van der Waals surface area contributed by atoms with Crippen molar-refractivity contribution in [1.29, 1.82) is 0 Å². The van der Waals surface area contributed by atoms with Crippen molar-refractivity contribution < 1.29 is 19.4 Å². The number of methoxy groups -OCH3 is 2. The Bertz CT molecular complexity index is 1620. The quantitative estimate of drug-likeness (QED) is 0.427. The number of phenols is 1. The van der Waals surface area contributed by atoms with E-state index in [1.807, 2.05) is 13.8 Å². The van der Waals surface area contributed by atoms with Crippen LogP contribution in [0.5, 0.6) is 17.2 Å². The number of halogens is 2. The van der Waals surface area contributed by atoms with Gasteiger partial charge in [0.25, 0.3) is 11.5 Å². The molecule has 0 fully saturated rings. The third kappa shape index (κ3) is 5.00. The number of allylic oxidation sites excluding steroid dienone is 1. The monoisotopic (exact) mass is 619 g/mol. The zero-order valence-corrected chi connectivity index (χ0v) is 24.7. The van der Waals surface area contributed by atoms with Crippen molar-refractivity contribution in [3.8, 4) is 17.2 Å². The van der Waals surface area contributed by atoms with Crippen LogP contribution < -0.4 is 24.4 Å². The molecule has 1 aliphatic heterocycles. The van der Waals surface area contributed by atoms with Gasteiger partial charge < -0.3 is 19.5 Å². The van der Waals surface area contributed by atoms with Crippen LogP contribution in [-0.4, -0.2) is 47.8 Å². The third-order valence-corrected chi connectivity index (χ3v) is 8.18. The van der Waals surface area contributed by atoms with Crippen LogP contribution in [0, 0.1) is 0 Å². The number of hydrogen-bond acceptors (Lipinski definition) is 7. The van der Waals surface area contributed by atoms with Gasteiger partial charge in [-0.2, -0.15) is 0 Å². The van der Waals surface area contributed by atoms with Gasteiger partial charge in [0.1, 0.15) is 23.3 Å². The molecule has 11 heteroatoms. The molecule has 8 nitrogen and oxygen atoms in total. The summed E-state index contributed by atoms with van der Waals surface area (Å²) in [6, 6.07) is 7.61. The van der Waals surface area contributed by atoms with Crippen LogP contribution >= 0.6 is 38.9 Å². The molecule has 200 valence electrons. The molecule has 38 heavy (non-hydrogen) atoms. The van der Waals surface area contributed by atoms with Gasteiger partial charge in [0, 0.05) is 29.2 Å². The van der Waals surface area contributed by atoms with E-state index < -0.39 is 6.04 Å². The van der Waals surface area contributed by atoms with E-state index in [1.54, 1.807) is 55.3 Å². The van der Waals surface area contributed by atoms with Crippen molar-refractivity contribution in [2.45, 2.75) is 26.8 Å². The SMILES string of the molecule is CCN(CC)C(=O)C1=C(C)N=c2s/c(=C/c3cc(Cl)cc(Br)c3O)c(=O)n2[C@H]1c1cc(OC)ccc1OC. The number of carbonyl (C=O) groups excluding carboxylic acids is 1. The van der Waals surface area contributed by atoms with Crippen LogP contribution in [0.15, 0.2) is 55.9 Å². The Morgan fingerprint density at radius 1 is 1.24 bits per heavy atom. The molecule has 0 bridgehead atoms. The van der Waals surface area contributed by atoms with Crippen LogP contribution in [0.4, 0.5) is 0 Å². The molecule has 4 rings (SSSR count). The van der Waals surface area contributed by atoms with E-state index in [1.165, 1.54) is 11.7 Å². The van der Waals surface area contributed by atoms with Gasteiger partial charge in [-0.05, 0) is 73.1 Å². The summed E-state index contributed by atoms with van der Waals surface area (Å²) in [5.41, 5.74) is 1.50. The highest BCUT2D eigenvalue weighted by atomic mass is 79.9. The number of carbonyl (C=O) groups is 1. The first-order chi connectivity index (χ1) is 18.1. The summed E-state index contributed by atoms with van der Waals surface area (Å²) in [4.78, 5) is 34.6. The molecular formula is C27H27BrClN3O5S. The van der Waals surface area contributed by atoms with Crippen molar-refractivity contribution in [2.75, 3.05) is 27.3 Å². The Balaban J connectivity index is 2.05. The highest BCUT2D eigenvalue weighted by Crippen LogP contribution is 2.38. The normalized spacial score (nSPS) is 15.2. The van der Waals surface area contributed by atoms with E-state index in [0.717, 1.165) is 11.3 Å². The van der Waals surface area contributed by atoms with Gasteiger partial charge in [0.2, 0.25) is 0 Å². The number of fused-ring (bicyclic) bond motifs is 1. The summed E-state index contributed by atoms with van der Waals surface area (Å²) in [5, 5.41) is 11.0. The number of nitrogens with zero attached hydrogens (tertiary/aromatic N) is 3. The van der Waals surface area contributed by atoms with Gasteiger partial charge in [-0.25, -0.2) is 4.99 Å². The highest BCUT2D eigenvalue weighted by Gasteiger charge is 2.36. The number of amides is 1. The zero-order chi connectivity index (χ0) is 27.7. The molecular weight excluding hydrogens is 594 g/mol. The Hall–Kier alpha value is -3.08. The number of thiazole rings is 1. The largest absolute Gasteiger partial charge is 0.506 e. The van der Waals surface area contributed by atoms with Crippen molar-refractivity contribution >= 4 is 50.9 Å². The molecule has 0 saturated carbocycles. The average Bonchev–Trinajstić information content (AvgIpc) is 3.20. The first-order valence-corrected chi connectivity index (χ1v) is 13.9. The smallest absolute Gasteiger partial charge is 0.271 e. The minimum Gasteiger partial charge on any atom is -0.506 e. The number of aromatic nitrogens is 1. The molecule has 0 unspecified atom stereocenters. The second-order valence-electron chi connectivity index (χ2n) is 8.49. The van der Waals surface area contributed by atoms with Crippen LogP contribution in [0.1, 0.15) is 37.9 Å². The fourth-order valence-electron chi connectivity index (χ4n) is 4.46. The summed E-state index contributed by atoms with van der Waals surface area (Å²) >= 11 is 10.6. The fraction of sp³-hybridized carbons (Fsp3) is 0.296. The van der Waals surface area contributed by atoms with Crippen molar-refractivity contribution in [3.63, 3.8) is 0 Å². The standard InChI is InChI=1S/C27H27BrClN3O5S/c1-6-31(7-2)26(35)22-14(3)30-27-32(23(22)18-13-17(36-4)8-9-20(18)37-5)25(34)21(38-27)11-15-10-16(29)12-19(28)24(15)33/h8-13,23,33H,6-7H2,1-5H3/b21-11+/t23-/m0/s1. The Morgan fingerprint density at radius 3 is 2.58 bits per heavy atom. The molecule has 1 aliphatic rings. The van der Waals surface area contributed by atoms with Gasteiger partial charge in [-0.1, -0.05) is 22.9 Å². The summed E-state index contributed by atoms with van der Waals surface area (Å²) < 4.78 is 13.4. The second-order valence-corrected chi connectivity index (χ2v) is 10.8. The summed E-state index contributed by atoms with van der Waals surface area (Å²) in [6.45, 7) is 6.59. The summed E-state index contributed by atoms with van der Waals surface area (Å²) in [7, 11) is 3.09. The summed E-state index contributed by atoms with van der Waals surface area (Å²) in [6.07, 6.45) is 1.57. The van der Waals surface area contributed by atoms with E-state index in [-0.39, 0.29) is 17.2 Å². The first-order valence-electron chi connectivity index (χ1n) is 11.9. The van der Waals surface area contributed by atoms with Crippen molar-refractivity contribution in [1.82, 2.24) is 9.47 Å². The number of likely N-dealkylation sites (N-methyl/N-ethyl adjacent to an activating group) is 1. The molecule has 0 spiro atoms. The highest BCUT2D eigenvalue weighted by molar-refractivity contribution is 9.10. The van der Waals surface area contributed by atoms with Crippen LogP contribution in [0.2, 0.25) is 5.02 Å². The van der Waals surface area contributed by atoms with E-state index in [4.69, 9.17) is 21.1 Å². The van der Waals surface area contributed by atoms with Gasteiger partial charge in [-0.3, -0.25) is 14.2 Å². The molecule has 1 atom stereocenters. The van der Waals surface area contributed by atoms with E-state index in [2.05, 4.69) is 20.9 Å². The number of hydrogen-bond donors (Lipinski definition) is 1. The second kappa shape index (κ2) is 11.3. The van der Waals surface area contributed by atoms with Crippen LogP contribution in [0.3, 0.4) is 0 Å². The lowest BCUT2D eigenvalue weighted by Gasteiger charge is -2.30. The minimum absolute atomic E-state index is 0.0418. The maximum Gasteiger partial charge on any atom is 0.271 e. The molecule has 2 aromatic carbocycles. The van der Waals surface area contributed by atoms with E-state index >= 15 is 0 Å². The van der Waals surface area contributed by atoms with Crippen LogP contribution in [-0.2, 0) is 4.79 Å². The third-order valence-electron chi connectivity index (χ3n) is 6.38. The number of ether oxygens (including phenoxy) is 2. The number of phenolic OH excluding ortho intramolecular Hbond substituents is 1. The van der Waals surface area contributed by atoms with Gasteiger partial charge in [0.05, 0.1) is 34.5 Å². The van der Waals surface area contributed by atoms with Gasteiger partial charge in [-0.15, -0.1) is 0 Å². The summed E-state index contributed by atoms with van der Waals surface area (Å²) in [5.74, 6) is 0.805. The molecule has 1 aromatic heterocycles. The molecule has 0 radical (unpaired) electrons. The van der Waals surface area contributed by atoms with Gasteiger partial charge >= 0.3 is 0 Å². The molecule has 1 N–H and O–H groups in total. The van der Waals surface area contributed by atoms with Crippen molar-refractivity contribution in [2.24, 2.45) is 4.99 Å². The van der Waals surface area contributed by atoms with E-state index in [0.29, 0.717) is 65.8 Å². The topological polar surface area (TPSA) is 93.4 Å². The maximum absolute atomic E-state index is 14.0. The lowest BCUT2D eigenvalue weighted by atomic mass is 9.93. The predicted molar refractivity (Wildman–Crippen MR) is 152 cm³/mol. The van der Waals surface area contributed by atoms with Gasteiger partial charge in [0.15, 0.2) is 4.80 Å². The molecule has 2 heterocycles. The number of aromatic hydroxyl groups is 1. The Kier molecular flexibility index (Phi) is 8.34. The maximum atomic E-state index is 14.0. The predicted octanol–water partition coefficient (Wildman–Crippen LogP) is 4.24. The average molecular weight is 621 g/mol. The molecule has 1 amide bonds. The van der Waals surface area contributed by atoms with Crippen LogP contribution in [0.25, 0.3) is 6.08 Å². The van der Waals surface area contributed by atoms with E-state index in [9.17, 15) is 14.7 Å². The number of benzene rings is 2. The molecule has 0 saturated heterocycles. The molecule has 3 aromatic rings. The zero-order valence-electron chi connectivity index (χ0n) is 21.5. The molecule has 0 aliphatic carbocycles. The Labute approximate surface area is 237 Å². The fourth-order valence-corrected chi connectivity index (χ4v) is 6.33. The van der Waals surface area contributed by atoms with Crippen molar-refractivity contribution in [3.05, 3.63) is 81.9 Å². The number of rotatable bonds is 7. The Morgan fingerprint density at radius 2 is 1.95 bits per heavy atom. The lowest BCUT2D eigenvalue weighted by molar-refractivity contribution is -0.127. The first kappa shape index (κ1) is 27.9. The lowest BCUT2D eigenvalue weighted by Crippen LogP contribution is -2.43. The minimum atomic E-state index is -0.814.